The van der Waals surface area contributed by atoms with Crippen molar-refractivity contribution in [1.82, 2.24) is 0 Å². The van der Waals surface area contributed by atoms with Gasteiger partial charge in [-0.05, 0) is 36.4 Å². The van der Waals surface area contributed by atoms with Crippen molar-refractivity contribution in [3.63, 3.8) is 0 Å². The number of ether oxygens (including phenoxy) is 2. The Morgan fingerprint density at radius 3 is 2.05 bits per heavy atom. The van der Waals surface area contributed by atoms with Gasteiger partial charge >= 0.3 is 0 Å². The molecule has 0 saturated heterocycles. The fourth-order valence-electron chi connectivity index (χ4n) is 1.78. The molecular formula is C15H12ClFO3. The first-order valence-corrected chi connectivity index (χ1v) is 6.16. The van der Waals surface area contributed by atoms with Crippen molar-refractivity contribution in [1.29, 1.82) is 0 Å². The van der Waals surface area contributed by atoms with Gasteiger partial charge in [-0.1, -0.05) is 11.6 Å². The number of rotatable bonds is 4. The van der Waals surface area contributed by atoms with Crippen LogP contribution in [0.2, 0.25) is 5.02 Å². The summed E-state index contributed by atoms with van der Waals surface area (Å²) in [6, 6.07) is 8.71. The molecule has 0 aliphatic rings. The molecule has 0 spiro atoms. The van der Waals surface area contributed by atoms with Crippen LogP contribution in [0.25, 0.3) is 0 Å². The largest absolute Gasteiger partial charge is 0.495 e. The lowest BCUT2D eigenvalue weighted by Crippen LogP contribution is -2.03. The third kappa shape index (κ3) is 2.75. The molecule has 2 aromatic rings. The molecule has 3 nitrogen and oxygen atoms in total. The number of carbonyl (C=O) groups excluding carboxylic acids is 1. The lowest BCUT2D eigenvalue weighted by Gasteiger charge is -2.07. The van der Waals surface area contributed by atoms with E-state index in [2.05, 4.69) is 0 Å². The van der Waals surface area contributed by atoms with Crippen molar-refractivity contribution in [2.75, 3.05) is 14.2 Å². The van der Waals surface area contributed by atoms with E-state index in [4.69, 9.17) is 21.1 Å². The molecule has 0 bridgehead atoms. The van der Waals surface area contributed by atoms with Crippen LogP contribution in [-0.2, 0) is 0 Å². The SMILES string of the molecule is COc1ccc(C(=O)c2ccc(OC)c(Cl)c2)cc1F. The molecule has 0 aromatic heterocycles. The van der Waals surface area contributed by atoms with Crippen LogP contribution in [0.4, 0.5) is 4.39 Å². The average molecular weight is 295 g/mol. The summed E-state index contributed by atoms with van der Waals surface area (Å²) in [5, 5.41) is 0.326. The van der Waals surface area contributed by atoms with Gasteiger partial charge < -0.3 is 9.47 Å². The van der Waals surface area contributed by atoms with Crippen LogP contribution in [0.1, 0.15) is 15.9 Å². The van der Waals surface area contributed by atoms with Crippen LogP contribution < -0.4 is 9.47 Å². The number of hydrogen-bond donors (Lipinski definition) is 0. The van der Waals surface area contributed by atoms with E-state index >= 15 is 0 Å². The predicted molar refractivity (Wildman–Crippen MR) is 74.4 cm³/mol. The molecule has 0 N–H and O–H groups in total. The minimum atomic E-state index is -0.585. The van der Waals surface area contributed by atoms with Crippen molar-refractivity contribution < 1.29 is 18.7 Å². The van der Waals surface area contributed by atoms with E-state index < -0.39 is 5.82 Å². The van der Waals surface area contributed by atoms with E-state index in [0.29, 0.717) is 16.3 Å². The molecule has 104 valence electrons. The number of benzene rings is 2. The van der Waals surface area contributed by atoms with Gasteiger partial charge in [-0.25, -0.2) is 4.39 Å². The Bertz CT molecular complexity index is 600. The Labute approximate surface area is 120 Å². The first-order chi connectivity index (χ1) is 9.56. The van der Waals surface area contributed by atoms with Gasteiger partial charge in [0.25, 0.3) is 0 Å². The van der Waals surface area contributed by atoms with Crippen molar-refractivity contribution in [3.05, 3.63) is 58.4 Å². The fraction of sp³-hybridized carbons (Fsp3) is 0.133. The summed E-state index contributed by atoms with van der Waals surface area (Å²) >= 11 is 5.97. The summed E-state index contributed by atoms with van der Waals surface area (Å²) in [6.07, 6.45) is 0. The minimum Gasteiger partial charge on any atom is -0.495 e. The Kier molecular flexibility index (Phi) is 4.25. The van der Waals surface area contributed by atoms with Crippen LogP contribution in [0, 0.1) is 5.82 Å². The maximum Gasteiger partial charge on any atom is 0.193 e. The van der Waals surface area contributed by atoms with Gasteiger partial charge in [0.2, 0.25) is 0 Å². The Balaban J connectivity index is 2.36. The molecule has 0 fully saturated rings. The first-order valence-electron chi connectivity index (χ1n) is 5.78. The number of methoxy groups -OCH3 is 2. The number of ketones is 1. The normalized spacial score (nSPS) is 10.2. The van der Waals surface area contributed by atoms with Crippen LogP contribution in [0.15, 0.2) is 36.4 Å². The molecule has 5 heteroatoms. The monoisotopic (exact) mass is 294 g/mol. The maximum atomic E-state index is 13.6. The maximum absolute atomic E-state index is 13.6. The zero-order valence-corrected chi connectivity index (χ0v) is 11.7. The van der Waals surface area contributed by atoms with E-state index in [-0.39, 0.29) is 17.1 Å². The molecular weight excluding hydrogens is 283 g/mol. The molecule has 0 saturated carbocycles. The van der Waals surface area contributed by atoms with E-state index in [9.17, 15) is 9.18 Å². The molecule has 0 aliphatic heterocycles. The van der Waals surface area contributed by atoms with Gasteiger partial charge in [-0.2, -0.15) is 0 Å². The smallest absolute Gasteiger partial charge is 0.193 e. The molecule has 2 aromatic carbocycles. The highest BCUT2D eigenvalue weighted by Crippen LogP contribution is 2.26. The van der Waals surface area contributed by atoms with Crippen molar-refractivity contribution in [2.45, 2.75) is 0 Å². The van der Waals surface area contributed by atoms with Gasteiger partial charge in [0.1, 0.15) is 5.75 Å². The van der Waals surface area contributed by atoms with Crippen LogP contribution in [0.5, 0.6) is 11.5 Å². The molecule has 20 heavy (non-hydrogen) atoms. The summed E-state index contributed by atoms with van der Waals surface area (Å²) in [6.45, 7) is 0. The molecule has 0 radical (unpaired) electrons. The van der Waals surface area contributed by atoms with Gasteiger partial charge in [-0.15, -0.1) is 0 Å². The van der Waals surface area contributed by atoms with Gasteiger partial charge in [0.15, 0.2) is 17.3 Å². The second-order valence-corrected chi connectivity index (χ2v) is 4.43. The molecule has 0 heterocycles. The Morgan fingerprint density at radius 1 is 1.00 bits per heavy atom. The number of carbonyl (C=O) groups is 1. The van der Waals surface area contributed by atoms with E-state index in [0.717, 1.165) is 6.07 Å². The van der Waals surface area contributed by atoms with Crippen LogP contribution in [0.3, 0.4) is 0 Å². The highest BCUT2D eigenvalue weighted by atomic mass is 35.5. The molecule has 2 rings (SSSR count). The van der Waals surface area contributed by atoms with Crippen LogP contribution in [-0.4, -0.2) is 20.0 Å². The average Bonchev–Trinajstić information content (AvgIpc) is 2.46. The van der Waals surface area contributed by atoms with Gasteiger partial charge in [0, 0.05) is 11.1 Å². The predicted octanol–water partition coefficient (Wildman–Crippen LogP) is 3.73. The number of hydrogen-bond acceptors (Lipinski definition) is 3. The molecule has 0 unspecified atom stereocenters. The fourth-order valence-corrected chi connectivity index (χ4v) is 2.04. The molecule has 0 aliphatic carbocycles. The van der Waals surface area contributed by atoms with Crippen molar-refractivity contribution >= 4 is 17.4 Å². The summed E-state index contributed by atoms with van der Waals surface area (Å²) in [5.41, 5.74) is 0.588. The number of halogens is 2. The van der Waals surface area contributed by atoms with Gasteiger partial charge in [0.05, 0.1) is 19.2 Å². The highest BCUT2D eigenvalue weighted by Gasteiger charge is 2.14. The summed E-state index contributed by atoms with van der Waals surface area (Å²) in [7, 11) is 2.85. The second-order valence-electron chi connectivity index (χ2n) is 4.03. The van der Waals surface area contributed by atoms with Crippen LogP contribution >= 0.6 is 11.6 Å². The quantitative estimate of drug-likeness (QED) is 0.806. The van der Waals surface area contributed by atoms with Crippen molar-refractivity contribution in [2.24, 2.45) is 0 Å². The Morgan fingerprint density at radius 2 is 1.55 bits per heavy atom. The zero-order chi connectivity index (χ0) is 14.7. The highest BCUT2D eigenvalue weighted by molar-refractivity contribution is 6.32. The standard InChI is InChI=1S/C15H12ClFO3/c1-19-13-5-3-9(7-11(13)16)15(18)10-4-6-14(20-2)12(17)8-10/h3-8H,1-2H3. The molecule has 0 amide bonds. The van der Waals surface area contributed by atoms with E-state index in [1.807, 2.05) is 0 Å². The summed E-state index contributed by atoms with van der Waals surface area (Å²) in [4.78, 5) is 12.2. The second kappa shape index (κ2) is 5.92. The topological polar surface area (TPSA) is 35.5 Å². The third-order valence-corrected chi connectivity index (χ3v) is 3.12. The minimum absolute atomic E-state index is 0.0920. The molecule has 0 atom stereocenters. The lowest BCUT2D eigenvalue weighted by molar-refractivity contribution is 0.103. The zero-order valence-electron chi connectivity index (χ0n) is 10.9. The first kappa shape index (κ1) is 14.3. The van der Waals surface area contributed by atoms with E-state index in [1.165, 1.54) is 32.4 Å². The third-order valence-electron chi connectivity index (χ3n) is 2.83. The van der Waals surface area contributed by atoms with Crippen molar-refractivity contribution in [3.8, 4) is 11.5 Å². The Hall–Kier alpha value is -2.07. The summed E-state index contributed by atoms with van der Waals surface area (Å²) in [5.74, 6) is -0.340. The van der Waals surface area contributed by atoms with E-state index in [1.54, 1.807) is 12.1 Å². The van der Waals surface area contributed by atoms with Gasteiger partial charge in [-0.3, -0.25) is 4.79 Å². The lowest BCUT2D eigenvalue weighted by atomic mass is 10.0. The summed E-state index contributed by atoms with van der Waals surface area (Å²) < 4.78 is 23.4.